The molecule has 0 fully saturated rings. The number of hydrogen-bond donors (Lipinski definition) is 1. The van der Waals surface area contributed by atoms with E-state index in [-0.39, 0.29) is 18.0 Å². The molecule has 2 amide bonds. The van der Waals surface area contributed by atoms with E-state index in [0.29, 0.717) is 17.1 Å². The number of benzene rings is 2. The van der Waals surface area contributed by atoms with Crippen LogP contribution in [0.1, 0.15) is 22.8 Å². The maximum atomic E-state index is 12.6. The zero-order valence-corrected chi connectivity index (χ0v) is 15.3. The first-order chi connectivity index (χ1) is 12.9. The van der Waals surface area contributed by atoms with Gasteiger partial charge >= 0.3 is 5.97 Å². The van der Waals surface area contributed by atoms with Gasteiger partial charge in [0.05, 0.1) is 24.0 Å². The molecule has 0 aromatic heterocycles. The van der Waals surface area contributed by atoms with Crippen molar-refractivity contribution >= 4 is 29.2 Å². The van der Waals surface area contributed by atoms with Crippen molar-refractivity contribution in [2.24, 2.45) is 0 Å². The van der Waals surface area contributed by atoms with Crippen LogP contribution in [0.25, 0.3) is 0 Å². The van der Waals surface area contributed by atoms with E-state index < -0.39 is 18.0 Å². The molecule has 0 saturated carbocycles. The van der Waals surface area contributed by atoms with E-state index in [1.165, 1.54) is 12.0 Å². The van der Waals surface area contributed by atoms with E-state index >= 15 is 0 Å². The molecular formula is C20H20N2O5. The predicted octanol–water partition coefficient (Wildman–Crippen LogP) is 2.53. The quantitative estimate of drug-likeness (QED) is 0.839. The van der Waals surface area contributed by atoms with Crippen LogP contribution in [-0.2, 0) is 14.3 Å². The molecular weight excluding hydrogens is 348 g/mol. The number of methoxy groups -OCH3 is 1. The first-order valence-corrected chi connectivity index (χ1v) is 8.46. The first-order valence-electron chi connectivity index (χ1n) is 8.46. The largest absolute Gasteiger partial charge is 0.479 e. The summed E-state index contributed by atoms with van der Waals surface area (Å²) in [4.78, 5) is 38.4. The Hall–Kier alpha value is -3.35. The van der Waals surface area contributed by atoms with Gasteiger partial charge in [-0.25, -0.2) is 4.79 Å². The zero-order chi connectivity index (χ0) is 19.6. The number of amides is 2. The summed E-state index contributed by atoms with van der Waals surface area (Å²) in [6.07, 6.45) is -0.685. The lowest BCUT2D eigenvalue weighted by Gasteiger charge is -2.32. The van der Waals surface area contributed by atoms with Gasteiger partial charge in [-0.3, -0.25) is 14.5 Å². The highest BCUT2D eigenvalue weighted by Crippen LogP contribution is 2.34. The summed E-state index contributed by atoms with van der Waals surface area (Å²) in [7, 11) is 1.27. The number of para-hydroxylation sites is 1. The molecule has 140 valence electrons. The first kappa shape index (κ1) is 18.4. The van der Waals surface area contributed by atoms with Crippen LogP contribution in [0.3, 0.4) is 0 Å². The number of hydrogen-bond acceptors (Lipinski definition) is 5. The second-order valence-electron chi connectivity index (χ2n) is 6.24. The number of carbonyl (C=O) groups is 3. The SMILES string of the molecule is COC(=O)c1ccccc1NC(=O)CN1C(=O)C(C)Oc2ccc(C)cc21. The molecule has 3 rings (SSSR count). The number of anilines is 2. The Balaban J connectivity index is 1.84. The van der Waals surface area contributed by atoms with Crippen LogP contribution in [0.15, 0.2) is 42.5 Å². The van der Waals surface area contributed by atoms with E-state index in [9.17, 15) is 14.4 Å². The van der Waals surface area contributed by atoms with Gasteiger partial charge in [0.25, 0.3) is 5.91 Å². The van der Waals surface area contributed by atoms with Crippen molar-refractivity contribution in [3.63, 3.8) is 0 Å². The third-order valence-electron chi connectivity index (χ3n) is 4.23. The van der Waals surface area contributed by atoms with Crippen molar-refractivity contribution in [1.82, 2.24) is 0 Å². The minimum Gasteiger partial charge on any atom is -0.479 e. The van der Waals surface area contributed by atoms with Crippen LogP contribution in [-0.4, -0.2) is 37.5 Å². The standard InChI is InChI=1S/C20H20N2O5/c1-12-8-9-17-16(10-12)22(19(24)13(2)27-17)11-18(23)21-15-7-5-4-6-14(15)20(25)26-3/h4-10,13H,11H2,1-3H3,(H,21,23). The molecule has 0 radical (unpaired) electrons. The second kappa shape index (κ2) is 7.49. The molecule has 0 saturated heterocycles. The lowest BCUT2D eigenvalue weighted by atomic mass is 10.1. The molecule has 1 atom stereocenters. The lowest BCUT2D eigenvalue weighted by molar-refractivity contribution is -0.127. The van der Waals surface area contributed by atoms with Crippen molar-refractivity contribution in [2.45, 2.75) is 20.0 Å². The molecule has 0 spiro atoms. The highest BCUT2D eigenvalue weighted by molar-refractivity contribution is 6.07. The highest BCUT2D eigenvalue weighted by atomic mass is 16.5. The number of rotatable bonds is 4. The van der Waals surface area contributed by atoms with E-state index in [2.05, 4.69) is 5.32 Å². The Labute approximate surface area is 156 Å². The Morgan fingerprint density at radius 3 is 2.70 bits per heavy atom. The molecule has 1 heterocycles. The minimum atomic E-state index is -0.685. The van der Waals surface area contributed by atoms with Gasteiger partial charge in [-0.1, -0.05) is 18.2 Å². The van der Waals surface area contributed by atoms with Gasteiger partial charge in [-0.15, -0.1) is 0 Å². The Bertz CT molecular complexity index is 909. The normalized spacial score (nSPS) is 15.6. The molecule has 2 aromatic rings. The molecule has 1 aliphatic rings. The molecule has 0 bridgehead atoms. The fourth-order valence-corrected chi connectivity index (χ4v) is 2.89. The van der Waals surface area contributed by atoms with Crippen LogP contribution in [0.5, 0.6) is 5.75 Å². The number of nitrogens with one attached hydrogen (secondary N) is 1. The Morgan fingerprint density at radius 1 is 1.22 bits per heavy atom. The number of nitrogens with zero attached hydrogens (tertiary/aromatic N) is 1. The summed E-state index contributed by atoms with van der Waals surface area (Å²) < 4.78 is 10.3. The van der Waals surface area contributed by atoms with E-state index in [0.717, 1.165) is 5.56 Å². The lowest BCUT2D eigenvalue weighted by Crippen LogP contribution is -2.47. The Kier molecular flexibility index (Phi) is 5.12. The summed E-state index contributed by atoms with van der Waals surface area (Å²) in [6.45, 7) is 3.34. The highest BCUT2D eigenvalue weighted by Gasteiger charge is 2.33. The van der Waals surface area contributed by atoms with Crippen LogP contribution in [0.4, 0.5) is 11.4 Å². The average molecular weight is 368 g/mol. The van der Waals surface area contributed by atoms with Gasteiger partial charge in [-0.05, 0) is 43.7 Å². The van der Waals surface area contributed by atoms with Gasteiger partial charge in [0.1, 0.15) is 12.3 Å². The third-order valence-corrected chi connectivity index (χ3v) is 4.23. The van der Waals surface area contributed by atoms with E-state index in [1.54, 1.807) is 43.3 Å². The summed E-state index contributed by atoms with van der Waals surface area (Å²) in [5, 5.41) is 2.68. The van der Waals surface area contributed by atoms with Gasteiger partial charge in [0.2, 0.25) is 5.91 Å². The number of fused-ring (bicyclic) bond motifs is 1. The maximum Gasteiger partial charge on any atom is 0.339 e. The minimum absolute atomic E-state index is 0.196. The fourth-order valence-electron chi connectivity index (χ4n) is 2.89. The van der Waals surface area contributed by atoms with Crippen molar-refractivity contribution in [3.8, 4) is 5.75 Å². The topological polar surface area (TPSA) is 84.9 Å². The molecule has 1 unspecified atom stereocenters. The fraction of sp³-hybridized carbons (Fsp3) is 0.250. The average Bonchev–Trinajstić information content (AvgIpc) is 2.66. The Morgan fingerprint density at radius 2 is 1.96 bits per heavy atom. The van der Waals surface area contributed by atoms with Crippen molar-refractivity contribution in [2.75, 3.05) is 23.9 Å². The summed E-state index contributed by atoms with van der Waals surface area (Å²) in [5.41, 5.74) is 2.06. The van der Waals surface area contributed by atoms with Crippen molar-refractivity contribution in [1.29, 1.82) is 0 Å². The summed E-state index contributed by atoms with van der Waals surface area (Å²) in [6, 6.07) is 12.0. The molecule has 1 aliphatic heterocycles. The zero-order valence-electron chi connectivity index (χ0n) is 15.3. The van der Waals surface area contributed by atoms with Gasteiger partial charge in [0.15, 0.2) is 6.10 Å². The maximum absolute atomic E-state index is 12.6. The van der Waals surface area contributed by atoms with Crippen molar-refractivity contribution < 1.29 is 23.9 Å². The molecule has 7 heteroatoms. The number of ether oxygens (including phenoxy) is 2. The number of carbonyl (C=O) groups excluding carboxylic acids is 3. The summed E-state index contributed by atoms with van der Waals surface area (Å²) >= 11 is 0. The number of esters is 1. The second-order valence-corrected chi connectivity index (χ2v) is 6.24. The predicted molar refractivity (Wildman–Crippen MR) is 100 cm³/mol. The number of aryl methyl sites for hydroxylation is 1. The van der Waals surface area contributed by atoms with Gasteiger partial charge in [0, 0.05) is 0 Å². The van der Waals surface area contributed by atoms with E-state index in [1.807, 2.05) is 13.0 Å². The van der Waals surface area contributed by atoms with E-state index in [4.69, 9.17) is 9.47 Å². The molecule has 27 heavy (non-hydrogen) atoms. The van der Waals surface area contributed by atoms with Crippen LogP contribution >= 0.6 is 0 Å². The van der Waals surface area contributed by atoms with Crippen LogP contribution in [0.2, 0.25) is 0 Å². The smallest absolute Gasteiger partial charge is 0.339 e. The summed E-state index contributed by atoms with van der Waals surface area (Å²) in [5.74, 6) is -0.732. The molecule has 2 aromatic carbocycles. The van der Waals surface area contributed by atoms with Crippen LogP contribution in [0, 0.1) is 6.92 Å². The van der Waals surface area contributed by atoms with Gasteiger partial charge in [-0.2, -0.15) is 0 Å². The monoisotopic (exact) mass is 368 g/mol. The van der Waals surface area contributed by atoms with Crippen LogP contribution < -0.4 is 15.0 Å². The molecule has 1 N–H and O–H groups in total. The molecule has 0 aliphatic carbocycles. The molecule has 7 nitrogen and oxygen atoms in total. The van der Waals surface area contributed by atoms with Gasteiger partial charge < -0.3 is 14.8 Å². The van der Waals surface area contributed by atoms with Crippen molar-refractivity contribution in [3.05, 3.63) is 53.6 Å². The third kappa shape index (κ3) is 3.76.